The van der Waals surface area contributed by atoms with Crippen LogP contribution >= 0.6 is 10.7 Å². The standard InChI is InChI=1S/C12H15F2NO2S/c1-3-7-18(4-2)15-9-6-5-8(13)10(11(9)14)12(16)17/h4-6,15H,3,7H2,1-2H3,(H,16,17). The van der Waals surface area contributed by atoms with E-state index in [2.05, 4.69) is 4.72 Å². The average molecular weight is 275 g/mol. The minimum atomic E-state index is -1.61. The monoisotopic (exact) mass is 275 g/mol. The van der Waals surface area contributed by atoms with E-state index in [1.807, 2.05) is 19.2 Å². The summed E-state index contributed by atoms with van der Waals surface area (Å²) in [6.07, 6.45) is 0.912. The third kappa shape index (κ3) is 3.29. The van der Waals surface area contributed by atoms with Crippen LogP contribution in [0.5, 0.6) is 0 Å². The highest BCUT2D eigenvalue weighted by Gasteiger charge is 2.19. The van der Waals surface area contributed by atoms with E-state index in [4.69, 9.17) is 5.11 Å². The molecule has 0 aliphatic carbocycles. The molecule has 6 heteroatoms. The number of carbonyl (C=O) groups is 1. The molecule has 0 amide bonds. The van der Waals surface area contributed by atoms with Crippen molar-refractivity contribution < 1.29 is 18.7 Å². The van der Waals surface area contributed by atoms with Crippen LogP contribution in [-0.2, 0) is 0 Å². The number of benzene rings is 1. The van der Waals surface area contributed by atoms with Crippen molar-refractivity contribution in [2.75, 3.05) is 10.5 Å². The maximum atomic E-state index is 13.8. The van der Waals surface area contributed by atoms with Crippen molar-refractivity contribution in [1.82, 2.24) is 0 Å². The molecule has 0 bridgehead atoms. The van der Waals surface area contributed by atoms with E-state index < -0.39 is 23.2 Å². The molecule has 0 aromatic heterocycles. The van der Waals surface area contributed by atoms with Crippen LogP contribution in [0.2, 0.25) is 0 Å². The Morgan fingerprint density at radius 2 is 2.17 bits per heavy atom. The molecule has 0 fully saturated rings. The van der Waals surface area contributed by atoms with E-state index >= 15 is 0 Å². The molecule has 1 aromatic rings. The predicted octanol–water partition coefficient (Wildman–Crippen LogP) is 3.49. The number of nitrogens with one attached hydrogen (secondary N) is 1. The number of aromatic carboxylic acids is 1. The van der Waals surface area contributed by atoms with Crippen LogP contribution in [-0.4, -0.2) is 22.2 Å². The Labute approximate surface area is 107 Å². The molecule has 0 saturated carbocycles. The van der Waals surface area contributed by atoms with Gasteiger partial charge >= 0.3 is 5.97 Å². The molecule has 0 heterocycles. The van der Waals surface area contributed by atoms with Gasteiger partial charge in [-0.2, -0.15) is 0 Å². The summed E-state index contributed by atoms with van der Waals surface area (Å²) in [5, 5.41) is 10.6. The van der Waals surface area contributed by atoms with Crippen molar-refractivity contribution in [3.05, 3.63) is 29.3 Å². The molecule has 1 aromatic carbocycles. The van der Waals surface area contributed by atoms with Crippen LogP contribution in [0.15, 0.2) is 12.1 Å². The zero-order valence-corrected chi connectivity index (χ0v) is 11.0. The molecule has 1 atom stereocenters. The van der Waals surface area contributed by atoms with E-state index in [1.165, 1.54) is 6.07 Å². The molecule has 3 nitrogen and oxygen atoms in total. The lowest BCUT2D eigenvalue weighted by Crippen LogP contribution is -2.07. The van der Waals surface area contributed by atoms with Crippen molar-refractivity contribution in [2.45, 2.75) is 20.3 Å². The van der Waals surface area contributed by atoms with Gasteiger partial charge in [-0.1, -0.05) is 6.92 Å². The molecule has 0 aliphatic rings. The van der Waals surface area contributed by atoms with Crippen LogP contribution in [0.4, 0.5) is 14.5 Å². The van der Waals surface area contributed by atoms with E-state index in [0.717, 1.165) is 18.2 Å². The second-order valence-corrected chi connectivity index (χ2v) is 5.50. The lowest BCUT2D eigenvalue weighted by molar-refractivity contribution is 0.0686. The number of carboxylic acids is 1. The molecule has 100 valence electrons. The second kappa shape index (κ2) is 6.49. The third-order valence-corrected chi connectivity index (χ3v) is 4.15. The highest BCUT2D eigenvalue weighted by molar-refractivity contribution is 8.16. The molecule has 1 unspecified atom stereocenters. The number of anilines is 1. The molecule has 18 heavy (non-hydrogen) atoms. The number of carboxylic acid groups (broad SMARTS) is 1. The fourth-order valence-electron chi connectivity index (χ4n) is 1.42. The van der Waals surface area contributed by atoms with Gasteiger partial charge in [0, 0.05) is 5.75 Å². The second-order valence-electron chi connectivity index (χ2n) is 3.56. The zero-order chi connectivity index (χ0) is 13.7. The van der Waals surface area contributed by atoms with Gasteiger partial charge in [0.1, 0.15) is 11.4 Å². The summed E-state index contributed by atoms with van der Waals surface area (Å²) < 4.78 is 29.9. The molecule has 0 spiro atoms. The summed E-state index contributed by atoms with van der Waals surface area (Å²) in [5.74, 6) is -2.92. The van der Waals surface area contributed by atoms with Gasteiger partial charge in [-0.15, -0.1) is 10.7 Å². The molecule has 0 aliphatic heterocycles. The van der Waals surface area contributed by atoms with E-state index in [1.54, 1.807) is 0 Å². The summed E-state index contributed by atoms with van der Waals surface area (Å²) in [5.41, 5.74) is -0.903. The van der Waals surface area contributed by atoms with Gasteiger partial charge in [0.25, 0.3) is 0 Å². The van der Waals surface area contributed by atoms with Gasteiger partial charge in [-0.05, 0) is 30.8 Å². The zero-order valence-electron chi connectivity index (χ0n) is 10.2. The minimum Gasteiger partial charge on any atom is -0.477 e. The van der Waals surface area contributed by atoms with E-state index in [0.29, 0.717) is 0 Å². The van der Waals surface area contributed by atoms with Crippen molar-refractivity contribution in [2.24, 2.45) is 0 Å². The van der Waals surface area contributed by atoms with Crippen LogP contribution in [0, 0.1) is 11.6 Å². The summed E-state index contributed by atoms with van der Waals surface area (Å²) in [4.78, 5) is 10.8. The fourth-order valence-corrected chi connectivity index (χ4v) is 2.75. The third-order valence-electron chi connectivity index (χ3n) is 2.25. The first-order valence-corrected chi connectivity index (χ1v) is 6.94. The molecule has 0 radical (unpaired) electrons. The Kier molecular flexibility index (Phi) is 5.27. The lowest BCUT2D eigenvalue weighted by atomic mass is 10.2. The average Bonchev–Trinajstić information content (AvgIpc) is 2.31. The van der Waals surface area contributed by atoms with Gasteiger partial charge in [0.2, 0.25) is 0 Å². The van der Waals surface area contributed by atoms with Crippen molar-refractivity contribution in [3.8, 4) is 0 Å². The maximum Gasteiger partial charge on any atom is 0.341 e. The van der Waals surface area contributed by atoms with Crippen molar-refractivity contribution in [3.63, 3.8) is 0 Å². The Morgan fingerprint density at radius 3 is 2.67 bits per heavy atom. The number of hydrogen-bond acceptors (Lipinski definition) is 2. The van der Waals surface area contributed by atoms with Crippen LogP contribution < -0.4 is 4.72 Å². The smallest absolute Gasteiger partial charge is 0.341 e. The molecule has 1 rings (SSSR count). The summed E-state index contributed by atoms with van der Waals surface area (Å²) in [6.45, 7) is 3.83. The van der Waals surface area contributed by atoms with E-state index in [9.17, 15) is 13.6 Å². The largest absolute Gasteiger partial charge is 0.477 e. The number of hydrogen-bond donors (Lipinski definition) is 2. The SMILES string of the molecule is C/C=S(/CCC)Nc1ccc(F)c(C(=O)O)c1F. The summed E-state index contributed by atoms with van der Waals surface area (Å²) in [6, 6.07) is 2.17. The van der Waals surface area contributed by atoms with Gasteiger partial charge in [-0.25, -0.2) is 13.6 Å². The summed E-state index contributed by atoms with van der Waals surface area (Å²) >= 11 is 0. The predicted molar refractivity (Wildman–Crippen MR) is 71.4 cm³/mol. The Hall–Kier alpha value is -1.43. The number of halogens is 2. The highest BCUT2D eigenvalue weighted by Crippen LogP contribution is 2.26. The van der Waals surface area contributed by atoms with Gasteiger partial charge < -0.3 is 9.83 Å². The van der Waals surface area contributed by atoms with Crippen molar-refractivity contribution in [1.29, 1.82) is 0 Å². The van der Waals surface area contributed by atoms with Gasteiger partial charge in [-0.3, -0.25) is 0 Å². The fraction of sp³-hybridized carbons (Fsp3) is 0.333. The Balaban J connectivity index is 3.12. The molecule has 0 saturated heterocycles. The Morgan fingerprint density at radius 1 is 1.50 bits per heavy atom. The van der Waals surface area contributed by atoms with Gasteiger partial charge in [0.15, 0.2) is 5.82 Å². The Bertz CT molecular complexity index is 489. The first-order chi connectivity index (χ1) is 8.51. The normalized spacial score (nSPS) is 12.4. The maximum absolute atomic E-state index is 13.8. The molecule has 2 N–H and O–H groups in total. The van der Waals surface area contributed by atoms with Crippen LogP contribution in [0.3, 0.4) is 0 Å². The van der Waals surface area contributed by atoms with Crippen LogP contribution in [0.1, 0.15) is 30.6 Å². The quantitative estimate of drug-likeness (QED) is 0.809. The topological polar surface area (TPSA) is 49.3 Å². The van der Waals surface area contributed by atoms with E-state index in [-0.39, 0.29) is 16.4 Å². The lowest BCUT2D eigenvalue weighted by Gasteiger charge is -2.13. The first kappa shape index (κ1) is 14.6. The summed E-state index contributed by atoms with van der Waals surface area (Å²) in [7, 11) is -0.351. The molecular weight excluding hydrogens is 260 g/mol. The highest BCUT2D eigenvalue weighted by atomic mass is 32.2. The van der Waals surface area contributed by atoms with Crippen molar-refractivity contribution >= 4 is 27.7 Å². The van der Waals surface area contributed by atoms with Crippen LogP contribution in [0.25, 0.3) is 0 Å². The first-order valence-electron chi connectivity index (χ1n) is 5.48. The number of rotatable bonds is 5. The van der Waals surface area contributed by atoms with Gasteiger partial charge in [0.05, 0.1) is 5.69 Å². The minimum absolute atomic E-state index is 0.0173. The molecular formula is C12H15F2NO2S.